The van der Waals surface area contributed by atoms with E-state index in [0.717, 1.165) is 65.3 Å². The van der Waals surface area contributed by atoms with Crippen molar-refractivity contribution in [2.45, 2.75) is 60.8 Å². The lowest BCUT2D eigenvalue weighted by atomic mass is 10.0. The number of piperidine rings is 1. The minimum Gasteiger partial charge on any atom is -0.342 e. The minimum atomic E-state index is -0.294. The van der Waals surface area contributed by atoms with Crippen molar-refractivity contribution < 1.29 is 0 Å². The highest BCUT2D eigenvalue weighted by Gasteiger charge is 2.21. The monoisotopic (exact) mass is 452 g/mol. The Hall–Kier alpha value is -2.72. The molecule has 1 aromatic carbocycles. The normalized spacial score (nSPS) is 14.8. The van der Waals surface area contributed by atoms with Gasteiger partial charge in [-0.05, 0) is 57.1 Å². The summed E-state index contributed by atoms with van der Waals surface area (Å²) in [4.78, 5) is 12.0. The zero-order valence-electron chi connectivity index (χ0n) is 20.6. The molecule has 0 N–H and O–H groups in total. The highest BCUT2D eigenvalue weighted by molar-refractivity contribution is 8.12. The molecule has 0 amide bonds. The number of rotatable bonds is 3. The third-order valence-electron chi connectivity index (χ3n) is 5.06. The molecule has 32 heavy (non-hydrogen) atoms. The van der Waals surface area contributed by atoms with Crippen molar-refractivity contribution in [3.05, 3.63) is 35.2 Å². The molecule has 4 rings (SSSR count). The van der Waals surface area contributed by atoms with Gasteiger partial charge in [-0.2, -0.15) is 5.26 Å². The van der Waals surface area contributed by atoms with Crippen LogP contribution < -0.4 is 4.90 Å². The van der Waals surface area contributed by atoms with E-state index >= 15 is 0 Å². The maximum atomic E-state index is 9.42. The maximum absolute atomic E-state index is 9.42. The Morgan fingerprint density at radius 1 is 1.12 bits per heavy atom. The molecule has 0 spiro atoms. The Balaban J connectivity index is 0.000000860. The molecule has 0 bridgehead atoms. The van der Waals surface area contributed by atoms with E-state index in [4.69, 9.17) is 4.98 Å². The van der Waals surface area contributed by atoms with E-state index in [1.54, 1.807) is 6.20 Å². The van der Waals surface area contributed by atoms with Crippen LogP contribution in [0.3, 0.4) is 0 Å². The molecule has 1 fully saturated rings. The molecular weight excluding hydrogens is 416 g/mol. The van der Waals surface area contributed by atoms with E-state index in [1.807, 2.05) is 45.3 Å². The lowest BCUT2D eigenvalue weighted by Crippen LogP contribution is -2.32. The number of aryl methyl sites for hydroxylation is 1. The third-order valence-corrected chi connectivity index (χ3v) is 5.65. The fourth-order valence-electron chi connectivity index (χ4n) is 3.88. The summed E-state index contributed by atoms with van der Waals surface area (Å²) in [5, 5.41) is 10.4. The fourth-order valence-corrected chi connectivity index (χ4v) is 4.44. The lowest BCUT2D eigenvalue weighted by Gasteiger charge is -2.28. The first-order valence-corrected chi connectivity index (χ1v) is 13.2. The second-order valence-electron chi connectivity index (χ2n) is 7.38. The molecule has 6 nitrogen and oxygen atoms in total. The van der Waals surface area contributed by atoms with E-state index in [9.17, 15) is 5.26 Å². The zero-order chi connectivity index (χ0) is 23.8. The molecule has 3 heterocycles. The summed E-state index contributed by atoms with van der Waals surface area (Å²) < 4.78 is 6.66. The van der Waals surface area contributed by atoms with E-state index in [0.29, 0.717) is 5.69 Å². The lowest BCUT2D eigenvalue weighted by molar-refractivity contribution is 0.567. The SMILES string of the molecule is C=S(C)/N=C(/C)c1cc(C)cc2c1nc(N1CCCCC1)n1cc(C#N)nc21.CC.CC. The zero-order valence-corrected chi connectivity index (χ0v) is 21.4. The van der Waals surface area contributed by atoms with Crippen molar-refractivity contribution in [3.63, 3.8) is 0 Å². The molecule has 0 aliphatic carbocycles. The number of anilines is 1. The van der Waals surface area contributed by atoms with Gasteiger partial charge in [0, 0.05) is 24.0 Å². The summed E-state index contributed by atoms with van der Waals surface area (Å²) in [7, 11) is -0.294. The van der Waals surface area contributed by atoms with Crippen molar-refractivity contribution in [2.24, 2.45) is 4.40 Å². The van der Waals surface area contributed by atoms with Crippen molar-refractivity contribution in [1.82, 2.24) is 14.4 Å². The average Bonchev–Trinajstić information content (AvgIpc) is 3.26. The Morgan fingerprint density at radius 3 is 2.38 bits per heavy atom. The summed E-state index contributed by atoms with van der Waals surface area (Å²) in [6.45, 7) is 14.0. The highest BCUT2D eigenvalue weighted by atomic mass is 32.2. The second-order valence-corrected chi connectivity index (χ2v) is 8.76. The smallest absolute Gasteiger partial charge is 0.211 e. The standard InChI is InChI=1S/C21H24N6S.2C2H6/c1-14-10-17(15(2)25-28(3)4)19-18(11-14)20-23-16(12-22)13-27(20)21(24-19)26-8-6-5-7-9-26;2*1-2/h10-11,13H,3,5-9H2,1-2,4H3;2*1-2H3/b25-15-;;. The van der Waals surface area contributed by atoms with E-state index < -0.39 is 0 Å². The van der Waals surface area contributed by atoms with Crippen LogP contribution in [0.15, 0.2) is 22.7 Å². The largest absolute Gasteiger partial charge is 0.342 e. The van der Waals surface area contributed by atoms with Gasteiger partial charge in [-0.15, -0.1) is 0 Å². The van der Waals surface area contributed by atoms with Crippen LogP contribution >= 0.6 is 10.7 Å². The van der Waals surface area contributed by atoms with Gasteiger partial charge in [-0.3, -0.25) is 4.40 Å². The summed E-state index contributed by atoms with van der Waals surface area (Å²) in [5.74, 6) is 4.88. The number of benzene rings is 1. The summed E-state index contributed by atoms with van der Waals surface area (Å²) in [5.41, 5.74) is 5.15. The average molecular weight is 453 g/mol. The number of imidazole rings is 1. The predicted molar refractivity (Wildman–Crippen MR) is 142 cm³/mol. The Kier molecular flexibility index (Phi) is 9.40. The van der Waals surface area contributed by atoms with Crippen molar-refractivity contribution in [2.75, 3.05) is 24.2 Å². The van der Waals surface area contributed by atoms with Crippen LogP contribution in [0.4, 0.5) is 5.95 Å². The van der Waals surface area contributed by atoms with Crippen molar-refractivity contribution in [1.29, 1.82) is 5.26 Å². The molecular formula is C25H36N6S. The molecule has 1 unspecified atom stereocenters. The topological polar surface area (TPSA) is 69.6 Å². The molecule has 2 aromatic heterocycles. The molecule has 1 saturated heterocycles. The number of nitriles is 1. The first-order chi connectivity index (χ1) is 15.5. The molecule has 1 aliphatic heterocycles. The van der Waals surface area contributed by atoms with E-state index in [1.165, 1.54) is 6.42 Å². The Bertz CT molecular complexity index is 1160. The third kappa shape index (κ3) is 5.36. The van der Waals surface area contributed by atoms with E-state index in [2.05, 4.69) is 45.3 Å². The summed E-state index contributed by atoms with van der Waals surface area (Å²) in [6, 6.07) is 6.41. The van der Waals surface area contributed by atoms with Crippen molar-refractivity contribution in [3.8, 4) is 6.07 Å². The van der Waals surface area contributed by atoms with Gasteiger partial charge in [0.2, 0.25) is 5.95 Å². The van der Waals surface area contributed by atoms with Crippen LogP contribution in [0.1, 0.15) is 70.7 Å². The quantitative estimate of drug-likeness (QED) is 0.352. The number of hydrogen-bond acceptors (Lipinski definition) is 5. The Morgan fingerprint density at radius 2 is 1.78 bits per heavy atom. The van der Waals surface area contributed by atoms with Gasteiger partial charge >= 0.3 is 0 Å². The van der Waals surface area contributed by atoms with Crippen LogP contribution in [0.25, 0.3) is 16.6 Å². The van der Waals surface area contributed by atoms with Gasteiger partial charge in [0.05, 0.1) is 17.4 Å². The maximum Gasteiger partial charge on any atom is 0.211 e. The first kappa shape index (κ1) is 25.5. The Labute approximate surface area is 195 Å². The molecule has 1 atom stereocenters. The number of nitrogens with zero attached hydrogens (tertiary/aromatic N) is 6. The van der Waals surface area contributed by atoms with Gasteiger partial charge in [0.1, 0.15) is 6.07 Å². The molecule has 7 heteroatoms. The molecule has 0 radical (unpaired) electrons. The fraction of sp³-hybridized carbons (Fsp3) is 0.480. The van der Waals surface area contributed by atoms with Gasteiger partial charge < -0.3 is 4.90 Å². The molecule has 172 valence electrons. The van der Waals surface area contributed by atoms with E-state index in [-0.39, 0.29) is 10.7 Å². The highest BCUT2D eigenvalue weighted by Crippen LogP contribution is 2.30. The molecule has 1 aliphatic rings. The number of fused-ring (bicyclic) bond motifs is 3. The molecule has 3 aromatic rings. The van der Waals surface area contributed by atoms with Crippen molar-refractivity contribution >= 4 is 44.8 Å². The van der Waals surface area contributed by atoms with Crippen LogP contribution in [0, 0.1) is 18.3 Å². The first-order valence-electron chi connectivity index (χ1n) is 11.5. The summed E-state index contributed by atoms with van der Waals surface area (Å²) in [6.07, 6.45) is 7.36. The molecule has 0 saturated carbocycles. The van der Waals surface area contributed by atoms with Gasteiger partial charge in [0.25, 0.3) is 0 Å². The van der Waals surface area contributed by atoms with Crippen LogP contribution in [0.2, 0.25) is 0 Å². The van der Waals surface area contributed by atoms with Gasteiger partial charge in [-0.1, -0.05) is 44.2 Å². The van der Waals surface area contributed by atoms with Crippen LogP contribution in [-0.2, 0) is 0 Å². The van der Waals surface area contributed by atoms with Gasteiger partial charge in [-0.25, -0.2) is 14.4 Å². The predicted octanol–water partition coefficient (Wildman–Crippen LogP) is 6.16. The minimum absolute atomic E-state index is 0.294. The van der Waals surface area contributed by atoms with Gasteiger partial charge in [0.15, 0.2) is 11.3 Å². The second kappa shape index (κ2) is 11.8. The summed E-state index contributed by atoms with van der Waals surface area (Å²) >= 11 is 0. The van der Waals surface area contributed by atoms with Crippen LogP contribution in [0.5, 0.6) is 0 Å². The number of hydrogen-bond donors (Lipinski definition) is 0. The van der Waals surface area contributed by atoms with Crippen LogP contribution in [-0.4, -0.2) is 45.3 Å². The number of aromatic nitrogens is 3.